The Morgan fingerprint density at radius 1 is 1.38 bits per heavy atom. The van der Waals surface area contributed by atoms with Crippen molar-refractivity contribution in [2.75, 3.05) is 13.2 Å². The van der Waals surface area contributed by atoms with Gasteiger partial charge in [0, 0.05) is 17.7 Å². The highest BCUT2D eigenvalue weighted by Gasteiger charge is 2.10. The number of nitrogens with one attached hydrogen (secondary N) is 2. The number of benzene rings is 1. The minimum Gasteiger partial charge on any atom is -0.466 e. The van der Waals surface area contributed by atoms with Crippen molar-refractivity contribution in [1.82, 2.24) is 25.9 Å². The first-order chi connectivity index (χ1) is 10.2. The van der Waals surface area contributed by atoms with Crippen LogP contribution in [-0.4, -0.2) is 45.7 Å². The summed E-state index contributed by atoms with van der Waals surface area (Å²) in [5.74, 6) is -0.195. The largest absolute Gasteiger partial charge is 0.466 e. The summed E-state index contributed by atoms with van der Waals surface area (Å²) >= 11 is 0. The van der Waals surface area contributed by atoms with Gasteiger partial charge in [-0.1, -0.05) is 12.1 Å². The van der Waals surface area contributed by atoms with Crippen LogP contribution in [0.4, 0.5) is 0 Å². The van der Waals surface area contributed by atoms with Crippen LogP contribution in [0.15, 0.2) is 24.3 Å². The van der Waals surface area contributed by atoms with Gasteiger partial charge in [-0.3, -0.25) is 9.59 Å². The maximum atomic E-state index is 12.0. The summed E-state index contributed by atoms with van der Waals surface area (Å²) in [5, 5.41) is 16.2. The molecule has 0 aliphatic heterocycles. The lowest BCUT2D eigenvalue weighted by atomic mass is 10.1. The third-order valence-electron chi connectivity index (χ3n) is 2.65. The second-order valence-electron chi connectivity index (χ2n) is 4.13. The molecule has 0 fully saturated rings. The minimum atomic E-state index is -0.335. The van der Waals surface area contributed by atoms with Crippen LogP contribution >= 0.6 is 0 Å². The van der Waals surface area contributed by atoms with Crippen LogP contribution in [-0.2, 0) is 9.53 Å². The van der Waals surface area contributed by atoms with E-state index in [0.29, 0.717) is 23.6 Å². The molecule has 2 rings (SSSR count). The van der Waals surface area contributed by atoms with Crippen molar-refractivity contribution in [1.29, 1.82) is 0 Å². The van der Waals surface area contributed by atoms with Crippen molar-refractivity contribution in [3.05, 3.63) is 29.8 Å². The predicted molar refractivity (Wildman–Crippen MR) is 73.2 cm³/mol. The zero-order valence-corrected chi connectivity index (χ0v) is 11.5. The number of rotatable bonds is 6. The molecule has 110 valence electrons. The van der Waals surface area contributed by atoms with Gasteiger partial charge in [0.05, 0.1) is 13.0 Å². The third kappa shape index (κ3) is 4.10. The van der Waals surface area contributed by atoms with Crippen molar-refractivity contribution in [2.45, 2.75) is 13.3 Å². The Morgan fingerprint density at radius 3 is 2.95 bits per heavy atom. The lowest BCUT2D eigenvalue weighted by Crippen LogP contribution is -2.26. The average molecular weight is 289 g/mol. The Bertz CT molecular complexity index is 612. The molecule has 1 aromatic carbocycles. The van der Waals surface area contributed by atoms with Gasteiger partial charge < -0.3 is 10.1 Å². The molecular weight excluding hydrogens is 274 g/mol. The van der Waals surface area contributed by atoms with Gasteiger partial charge in [-0.05, 0) is 24.3 Å². The summed E-state index contributed by atoms with van der Waals surface area (Å²) in [7, 11) is 0. The lowest BCUT2D eigenvalue weighted by Gasteiger charge is -2.06. The monoisotopic (exact) mass is 289 g/mol. The Hall–Kier alpha value is -2.77. The van der Waals surface area contributed by atoms with Crippen LogP contribution in [0, 0.1) is 0 Å². The number of carbonyl (C=O) groups is 2. The summed E-state index contributed by atoms with van der Waals surface area (Å²) < 4.78 is 4.78. The fraction of sp³-hybridized carbons (Fsp3) is 0.308. The molecule has 0 radical (unpaired) electrons. The van der Waals surface area contributed by atoms with Crippen molar-refractivity contribution >= 4 is 11.9 Å². The summed E-state index contributed by atoms with van der Waals surface area (Å²) in [6, 6.07) is 6.83. The topological polar surface area (TPSA) is 110 Å². The van der Waals surface area contributed by atoms with Crippen molar-refractivity contribution < 1.29 is 14.3 Å². The molecule has 1 aromatic heterocycles. The summed E-state index contributed by atoms with van der Waals surface area (Å²) in [4.78, 5) is 23.1. The van der Waals surface area contributed by atoms with E-state index in [2.05, 4.69) is 25.9 Å². The molecule has 8 heteroatoms. The van der Waals surface area contributed by atoms with Crippen LogP contribution in [0.2, 0.25) is 0 Å². The fourth-order valence-electron chi connectivity index (χ4n) is 1.70. The zero-order valence-electron chi connectivity index (χ0n) is 11.5. The van der Waals surface area contributed by atoms with Gasteiger partial charge in [-0.25, -0.2) is 0 Å². The molecule has 0 atom stereocenters. The van der Waals surface area contributed by atoms with E-state index in [9.17, 15) is 9.59 Å². The number of hydrogen-bond donors (Lipinski definition) is 2. The van der Waals surface area contributed by atoms with Gasteiger partial charge in [-0.15, -0.1) is 10.2 Å². The Morgan fingerprint density at radius 2 is 2.24 bits per heavy atom. The van der Waals surface area contributed by atoms with Gasteiger partial charge in [-0.2, -0.15) is 5.21 Å². The Balaban J connectivity index is 1.94. The summed E-state index contributed by atoms with van der Waals surface area (Å²) in [6.45, 7) is 2.30. The van der Waals surface area contributed by atoms with Crippen molar-refractivity contribution in [3.8, 4) is 11.4 Å². The van der Waals surface area contributed by atoms with Crippen LogP contribution < -0.4 is 5.32 Å². The highest BCUT2D eigenvalue weighted by atomic mass is 16.5. The number of nitrogens with zero attached hydrogens (tertiary/aromatic N) is 3. The van der Waals surface area contributed by atoms with Crippen LogP contribution in [0.25, 0.3) is 11.4 Å². The zero-order chi connectivity index (χ0) is 15.1. The van der Waals surface area contributed by atoms with E-state index >= 15 is 0 Å². The Labute approximate surface area is 120 Å². The molecule has 2 N–H and O–H groups in total. The molecule has 1 heterocycles. The number of carbonyl (C=O) groups excluding carboxylic acids is 2. The molecule has 1 amide bonds. The number of hydrogen-bond acceptors (Lipinski definition) is 6. The number of esters is 1. The van der Waals surface area contributed by atoms with Gasteiger partial charge in [0.15, 0.2) is 0 Å². The molecule has 0 saturated heterocycles. The predicted octanol–water partition coefficient (Wildman–Crippen LogP) is 0.550. The first-order valence-corrected chi connectivity index (χ1v) is 6.48. The fourth-order valence-corrected chi connectivity index (χ4v) is 1.70. The Kier molecular flexibility index (Phi) is 4.97. The van der Waals surface area contributed by atoms with Gasteiger partial charge in [0.25, 0.3) is 5.91 Å². The molecule has 0 saturated carbocycles. The van der Waals surface area contributed by atoms with Crippen LogP contribution in [0.5, 0.6) is 0 Å². The normalized spacial score (nSPS) is 10.1. The van der Waals surface area contributed by atoms with Gasteiger partial charge in [0.1, 0.15) is 0 Å². The summed E-state index contributed by atoms with van der Waals surface area (Å²) in [6.07, 6.45) is 0.143. The molecule has 0 aliphatic carbocycles. The van der Waals surface area contributed by atoms with E-state index in [4.69, 9.17) is 4.74 Å². The van der Waals surface area contributed by atoms with Gasteiger partial charge in [0.2, 0.25) is 5.82 Å². The molecule has 0 unspecified atom stereocenters. The number of aromatic nitrogens is 4. The molecule has 0 aliphatic rings. The average Bonchev–Trinajstić information content (AvgIpc) is 3.02. The van der Waals surface area contributed by atoms with Gasteiger partial charge >= 0.3 is 5.97 Å². The highest BCUT2D eigenvalue weighted by molar-refractivity contribution is 5.95. The molecule has 0 spiro atoms. The molecule has 21 heavy (non-hydrogen) atoms. The number of H-pyrrole nitrogens is 1. The van der Waals surface area contributed by atoms with E-state index in [1.54, 1.807) is 31.2 Å². The van der Waals surface area contributed by atoms with E-state index in [1.165, 1.54) is 0 Å². The number of tetrazole rings is 1. The maximum absolute atomic E-state index is 12.0. The highest BCUT2D eigenvalue weighted by Crippen LogP contribution is 2.14. The van der Waals surface area contributed by atoms with Crippen molar-refractivity contribution in [3.63, 3.8) is 0 Å². The lowest BCUT2D eigenvalue weighted by molar-refractivity contribution is -0.142. The van der Waals surface area contributed by atoms with E-state index in [0.717, 1.165) is 0 Å². The molecule has 0 bridgehead atoms. The number of aromatic amines is 1. The van der Waals surface area contributed by atoms with Crippen molar-refractivity contribution in [2.24, 2.45) is 0 Å². The molecule has 2 aromatic rings. The standard InChI is InChI=1S/C13H15N5O3/c1-2-21-11(19)6-7-14-13(20)10-5-3-4-9(8-10)12-15-17-18-16-12/h3-5,8H,2,6-7H2,1H3,(H,14,20)(H,15,16,17,18). The number of amides is 1. The second kappa shape index (κ2) is 7.13. The van der Waals surface area contributed by atoms with Crippen LogP contribution in [0.3, 0.4) is 0 Å². The quantitative estimate of drug-likeness (QED) is 0.751. The minimum absolute atomic E-state index is 0.143. The maximum Gasteiger partial charge on any atom is 0.307 e. The van der Waals surface area contributed by atoms with E-state index in [1.807, 2.05) is 0 Å². The number of ether oxygens (including phenoxy) is 1. The van der Waals surface area contributed by atoms with Crippen LogP contribution in [0.1, 0.15) is 23.7 Å². The molecular formula is C13H15N5O3. The SMILES string of the molecule is CCOC(=O)CCNC(=O)c1cccc(-c2nn[nH]n2)c1. The van der Waals surface area contributed by atoms with E-state index < -0.39 is 0 Å². The first kappa shape index (κ1) is 14.6. The second-order valence-corrected chi connectivity index (χ2v) is 4.13. The summed E-state index contributed by atoms with van der Waals surface area (Å²) in [5.41, 5.74) is 1.14. The third-order valence-corrected chi connectivity index (χ3v) is 2.65. The smallest absolute Gasteiger partial charge is 0.307 e. The first-order valence-electron chi connectivity index (χ1n) is 6.48. The molecule has 8 nitrogen and oxygen atoms in total. The van der Waals surface area contributed by atoms with E-state index in [-0.39, 0.29) is 24.8 Å².